The molecular weight excluding hydrogens is 240 g/mol. The third-order valence-corrected chi connectivity index (χ3v) is 3.69. The second-order valence-electron chi connectivity index (χ2n) is 5.27. The molecule has 2 heterocycles. The minimum atomic E-state index is -0.139. The SMILES string of the molecule is CN1CCC(CCNC(=O)c2cc(N)ccn2)CC1. The predicted molar refractivity (Wildman–Crippen MR) is 75.8 cm³/mol. The Morgan fingerprint density at radius 3 is 2.95 bits per heavy atom. The van der Waals surface area contributed by atoms with E-state index in [0.29, 0.717) is 17.9 Å². The summed E-state index contributed by atoms with van der Waals surface area (Å²) < 4.78 is 0. The molecule has 5 heteroatoms. The zero-order valence-corrected chi connectivity index (χ0v) is 11.4. The average Bonchev–Trinajstić information content (AvgIpc) is 2.41. The number of hydrogen-bond donors (Lipinski definition) is 2. The monoisotopic (exact) mass is 262 g/mol. The molecule has 3 N–H and O–H groups in total. The number of amides is 1. The predicted octanol–water partition coefficient (Wildman–Crippen LogP) is 1.13. The Balaban J connectivity index is 1.72. The molecule has 0 aromatic carbocycles. The van der Waals surface area contributed by atoms with E-state index in [1.807, 2.05) is 0 Å². The van der Waals surface area contributed by atoms with Crippen LogP contribution in [-0.2, 0) is 0 Å². The summed E-state index contributed by atoms with van der Waals surface area (Å²) in [5.74, 6) is 0.588. The van der Waals surface area contributed by atoms with Gasteiger partial charge < -0.3 is 16.0 Å². The number of rotatable bonds is 4. The topological polar surface area (TPSA) is 71.2 Å². The van der Waals surface area contributed by atoms with Crippen LogP contribution in [0.5, 0.6) is 0 Å². The van der Waals surface area contributed by atoms with Crippen LogP contribution in [0.1, 0.15) is 29.8 Å². The molecule has 2 rings (SSSR count). The van der Waals surface area contributed by atoms with Gasteiger partial charge in [-0.2, -0.15) is 0 Å². The van der Waals surface area contributed by atoms with Crippen LogP contribution >= 0.6 is 0 Å². The van der Waals surface area contributed by atoms with Gasteiger partial charge in [-0.05, 0) is 57.5 Å². The molecule has 0 radical (unpaired) electrons. The van der Waals surface area contributed by atoms with Gasteiger partial charge in [0.25, 0.3) is 5.91 Å². The number of anilines is 1. The molecule has 0 saturated carbocycles. The van der Waals surface area contributed by atoms with Crippen molar-refractivity contribution < 1.29 is 4.79 Å². The number of nitrogens with one attached hydrogen (secondary N) is 1. The number of piperidine rings is 1. The summed E-state index contributed by atoms with van der Waals surface area (Å²) in [6, 6.07) is 3.28. The van der Waals surface area contributed by atoms with E-state index in [9.17, 15) is 4.79 Å². The van der Waals surface area contributed by atoms with Gasteiger partial charge in [0.05, 0.1) is 0 Å². The lowest BCUT2D eigenvalue weighted by Gasteiger charge is -2.28. The van der Waals surface area contributed by atoms with Gasteiger partial charge in [0, 0.05) is 18.4 Å². The standard InChI is InChI=1S/C14H22N4O/c1-18-8-4-11(5-9-18)2-6-17-14(19)13-10-12(15)3-7-16-13/h3,7,10-11H,2,4-6,8-9H2,1H3,(H2,15,16)(H,17,19). The number of nitrogen functional groups attached to an aromatic ring is 1. The smallest absolute Gasteiger partial charge is 0.269 e. The Hall–Kier alpha value is -1.62. The number of nitrogens with two attached hydrogens (primary N) is 1. The Morgan fingerprint density at radius 2 is 2.26 bits per heavy atom. The van der Waals surface area contributed by atoms with Crippen molar-refractivity contribution in [3.8, 4) is 0 Å². The molecule has 1 aliphatic heterocycles. The Kier molecular flexibility index (Phi) is 4.74. The van der Waals surface area contributed by atoms with Crippen LogP contribution in [0, 0.1) is 5.92 Å². The van der Waals surface area contributed by atoms with E-state index < -0.39 is 0 Å². The van der Waals surface area contributed by atoms with Gasteiger partial charge in [0.15, 0.2) is 0 Å². The first kappa shape index (κ1) is 13.8. The van der Waals surface area contributed by atoms with E-state index in [0.717, 1.165) is 25.4 Å². The molecule has 0 unspecified atom stereocenters. The number of hydrogen-bond acceptors (Lipinski definition) is 4. The zero-order valence-electron chi connectivity index (χ0n) is 11.4. The molecule has 1 saturated heterocycles. The van der Waals surface area contributed by atoms with Gasteiger partial charge in [-0.3, -0.25) is 9.78 Å². The van der Waals surface area contributed by atoms with Gasteiger partial charge in [0.2, 0.25) is 0 Å². The molecule has 5 nitrogen and oxygen atoms in total. The number of nitrogens with zero attached hydrogens (tertiary/aromatic N) is 2. The first-order chi connectivity index (χ1) is 9.15. The van der Waals surface area contributed by atoms with E-state index in [-0.39, 0.29) is 5.91 Å². The molecule has 1 aromatic heterocycles. The summed E-state index contributed by atoms with van der Waals surface area (Å²) in [6.45, 7) is 3.04. The van der Waals surface area contributed by atoms with Crippen molar-refractivity contribution in [1.29, 1.82) is 0 Å². The maximum atomic E-state index is 11.9. The molecule has 0 aliphatic carbocycles. The molecule has 1 aliphatic rings. The number of carbonyl (C=O) groups is 1. The van der Waals surface area contributed by atoms with Crippen LogP contribution in [0.4, 0.5) is 5.69 Å². The molecule has 0 spiro atoms. The molecule has 1 fully saturated rings. The summed E-state index contributed by atoms with van der Waals surface area (Å²) in [5, 5.41) is 2.91. The maximum absolute atomic E-state index is 11.9. The fourth-order valence-electron chi connectivity index (χ4n) is 2.40. The highest BCUT2D eigenvalue weighted by Gasteiger charge is 2.16. The molecule has 0 bridgehead atoms. The van der Waals surface area contributed by atoms with E-state index in [2.05, 4.69) is 22.2 Å². The van der Waals surface area contributed by atoms with Crippen LogP contribution in [0.3, 0.4) is 0 Å². The number of pyridine rings is 1. The van der Waals surface area contributed by atoms with Gasteiger partial charge in [-0.25, -0.2) is 0 Å². The van der Waals surface area contributed by atoms with Crippen LogP contribution in [0.2, 0.25) is 0 Å². The minimum Gasteiger partial charge on any atom is -0.399 e. The first-order valence-electron chi connectivity index (χ1n) is 6.83. The zero-order chi connectivity index (χ0) is 13.7. The van der Waals surface area contributed by atoms with Gasteiger partial charge in [0.1, 0.15) is 5.69 Å². The third kappa shape index (κ3) is 4.21. The average molecular weight is 262 g/mol. The molecule has 104 valence electrons. The van der Waals surface area contributed by atoms with Crippen LogP contribution < -0.4 is 11.1 Å². The lowest BCUT2D eigenvalue weighted by Crippen LogP contribution is -2.32. The quantitative estimate of drug-likeness (QED) is 0.853. The normalized spacial score (nSPS) is 17.3. The lowest BCUT2D eigenvalue weighted by atomic mass is 9.94. The van der Waals surface area contributed by atoms with Crippen LogP contribution in [0.15, 0.2) is 18.3 Å². The molecular formula is C14H22N4O. The first-order valence-corrected chi connectivity index (χ1v) is 6.83. The highest BCUT2D eigenvalue weighted by molar-refractivity contribution is 5.92. The van der Waals surface area contributed by atoms with Crippen molar-refractivity contribution in [3.05, 3.63) is 24.0 Å². The van der Waals surface area contributed by atoms with E-state index >= 15 is 0 Å². The second-order valence-corrected chi connectivity index (χ2v) is 5.27. The van der Waals surface area contributed by atoms with Crippen molar-refractivity contribution in [2.45, 2.75) is 19.3 Å². The number of carbonyl (C=O) groups excluding carboxylic acids is 1. The molecule has 19 heavy (non-hydrogen) atoms. The summed E-state index contributed by atoms with van der Waals surface area (Å²) in [5.41, 5.74) is 6.59. The van der Waals surface area contributed by atoms with Crippen molar-refractivity contribution in [3.63, 3.8) is 0 Å². The van der Waals surface area contributed by atoms with Crippen LogP contribution in [0.25, 0.3) is 0 Å². The fraction of sp³-hybridized carbons (Fsp3) is 0.571. The second kappa shape index (κ2) is 6.52. The molecule has 1 amide bonds. The summed E-state index contributed by atoms with van der Waals surface area (Å²) in [6.07, 6.45) is 5.05. The summed E-state index contributed by atoms with van der Waals surface area (Å²) in [4.78, 5) is 18.2. The highest BCUT2D eigenvalue weighted by Crippen LogP contribution is 2.18. The van der Waals surface area contributed by atoms with Crippen molar-refractivity contribution in [2.24, 2.45) is 5.92 Å². The van der Waals surface area contributed by atoms with Crippen LogP contribution in [-0.4, -0.2) is 42.5 Å². The Bertz CT molecular complexity index is 427. The maximum Gasteiger partial charge on any atom is 0.269 e. The number of aromatic nitrogens is 1. The summed E-state index contributed by atoms with van der Waals surface area (Å²) in [7, 11) is 2.16. The third-order valence-electron chi connectivity index (χ3n) is 3.69. The molecule has 0 atom stereocenters. The van der Waals surface area contributed by atoms with Crippen molar-refractivity contribution in [2.75, 3.05) is 32.4 Å². The fourth-order valence-corrected chi connectivity index (χ4v) is 2.40. The molecule has 1 aromatic rings. The minimum absolute atomic E-state index is 0.139. The number of likely N-dealkylation sites (tertiary alicyclic amines) is 1. The van der Waals surface area contributed by atoms with Gasteiger partial charge >= 0.3 is 0 Å². The van der Waals surface area contributed by atoms with Gasteiger partial charge in [-0.15, -0.1) is 0 Å². The van der Waals surface area contributed by atoms with E-state index in [1.54, 1.807) is 18.3 Å². The Morgan fingerprint density at radius 1 is 1.53 bits per heavy atom. The van der Waals surface area contributed by atoms with E-state index in [4.69, 9.17) is 5.73 Å². The van der Waals surface area contributed by atoms with Crippen molar-refractivity contribution >= 4 is 11.6 Å². The Labute approximate surface area is 114 Å². The summed E-state index contributed by atoms with van der Waals surface area (Å²) >= 11 is 0. The lowest BCUT2D eigenvalue weighted by molar-refractivity contribution is 0.0944. The van der Waals surface area contributed by atoms with Crippen molar-refractivity contribution in [1.82, 2.24) is 15.2 Å². The van der Waals surface area contributed by atoms with Gasteiger partial charge in [-0.1, -0.05) is 0 Å². The largest absolute Gasteiger partial charge is 0.399 e. The highest BCUT2D eigenvalue weighted by atomic mass is 16.1. The van der Waals surface area contributed by atoms with E-state index in [1.165, 1.54) is 12.8 Å².